The van der Waals surface area contributed by atoms with Crippen LogP contribution in [0.3, 0.4) is 0 Å². The van der Waals surface area contributed by atoms with E-state index in [2.05, 4.69) is 42.5 Å². The summed E-state index contributed by atoms with van der Waals surface area (Å²) in [5, 5.41) is 10.0. The molecule has 9 heteroatoms. The molecule has 0 bridgehead atoms. The standard InChI is InChI=1S/C20H21BCl2N4OS/c21-14-3-1-13(2-4-14)19-12-17(20(29)25-26-7-9-28-10-8-26)24-27(19)18-6-5-15(22)11-16(18)23/h1-6,11,19H,7-10,12,21H2,(H,25,29). The molecule has 2 aromatic carbocycles. The van der Waals surface area contributed by atoms with Crippen molar-refractivity contribution in [3.05, 3.63) is 58.1 Å². The van der Waals surface area contributed by atoms with Gasteiger partial charge in [-0.1, -0.05) is 65.1 Å². The predicted molar refractivity (Wildman–Crippen MR) is 126 cm³/mol. The number of anilines is 1. The van der Waals surface area contributed by atoms with Crippen molar-refractivity contribution in [2.45, 2.75) is 12.5 Å². The predicted octanol–water partition coefficient (Wildman–Crippen LogP) is 2.72. The molecule has 0 aliphatic carbocycles. The van der Waals surface area contributed by atoms with Gasteiger partial charge < -0.3 is 10.2 Å². The molecule has 5 nitrogen and oxygen atoms in total. The molecular formula is C20H21BCl2N4OS. The summed E-state index contributed by atoms with van der Waals surface area (Å²) in [5.74, 6) is 0. The molecule has 0 spiro atoms. The molecule has 2 aliphatic heterocycles. The van der Waals surface area contributed by atoms with Gasteiger partial charge >= 0.3 is 0 Å². The van der Waals surface area contributed by atoms with Crippen LogP contribution in [0.1, 0.15) is 18.0 Å². The number of ether oxygens (including phenoxy) is 1. The highest BCUT2D eigenvalue weighted by atomic mass is 35.5. The summed E-state index contributed by atoms with van der Waals surface area (Å²) in [6, 6.07) is 14.0. The fourth-order valence-corrected chi connectivity index (χ4v) is 4.22. The van der Waals surface area contributed by atoms with Crippen LogP contribution >= 0.6 is 35.4 Å². The molecule has 1 N–H and O–H groups in total. The molecule has 1 fully saturated rings. The number of nitrogens with zero attached hydrogens (tertiary/aromatic N) is 3. The first kappa shape index (κ1) is 20.6. The van der Waals surface area contributed by atoms with Crippen LogP contribution in [0.15, 0.2) is 47.6 Å². The molecule has 4 rings (SSSR count). The number of hydrogen-bond donors (Lipinski definition) is 1. The van der Waals surface area contributed by atoms with Gasteiger partial charge in [0, 0.05) is 24.5 Å². The van der Waals surface area contributed by atoms with E-state index in [4.69, 9.17) is 45.3 Å². The van der Waals surface area contributed by atoms with Crippen LogP contribution in [0.25, 0.3) is 0 Å². The average molecular weight is 447 g/mol. The van der Waals surface area contributed by atoms with Crippen LogP contribution in [-0.4, -0.2) is 49.9 Å². The van der Waals surface area contributed by atoms with Crippen molar-refractivity contribution in [2.75, 3.05) is 31.3 Å². The number of morpholine rings is 1. The van der Waals surface area contributed by atoms with E-state index < -0.39 is 0 Å². The van der Waals surface area contributed by atoms with Gasteiger partial charge in [-0.2, -0.15) is 5.10 Å². The molecule has 2 aromatic rings. The number of benzene rings is 2. The Balaban J connectivity index is 1.62. The van der Waals surface area contributed by atoms with E-state index in [1.165, 1.54) is 5.46 Å². The average Bonchev–Trinajstić information content (AvgIpc) is 3.14. The topological polar surface area (TPSA) is 40.1 Å². The minimum Gasteiger partial charge on any atom is -0.379 e. The number of hydrazine groups is 1. The number of rotatable bonds is 4. The molecule has 2 aliphatic rings. The number of nitrogens with one attached hydrogen (secondary N) is 1. The van der Waals surface area contributed by atoms with Crippen LogP contribution in [0.4, 0.5) is 5.69 Å². The third-order valence-corrected chi connectivity index (χ3v) is 5.93. The highest BCUT2D eigenvalue weighted by Gasteiger charge is 2.32. The van der Waals surface area contributed by atoms with E-state index >= 15 is 0 Å². The maximum absolute atomic E-state index is 6.50. The van der Waals surface area contributed by atoms with Gasteiger partial charge in [0.15, 0.2) is 0 Å². The Morgan fingerprint density at radius 2 is 1.86 bits per heavy atom. The fraction of sp³-hybridized carbons (Fsp3) is 0.300. The zero-order valence-corrected chi connectivity index (χ0v) is 18.4. The maximum Gasteiger partial charge on any atom is 0.139 e. The van der Waals surface area contributed by atoms with Crippen LogP contribution in [-0.2, 0) is 4.74 Å². The third-order valence-electron chi connectivity index (χ3n) is 5.06. The SMILES string of the molecule is Bc1ccc(C2CC(C(=S)NN3CCOCC3)=NN2c2ccc(Cl)cc2Cl)cc1. The lowest BCUT2D eigenvalue weighted by molar-refractivity contribution is 0.0255. The van der Waals surface area contributed by atoms with Gasteiger partial charge in [0.05, 0.1) is 35.7 Å². The number of thiocarbonyl (C=S) groups is 1. The summed E-state index contributed by atoms with van der Waals surface area (Å²) in [5.41, 5.74) is 7.34. The van der Waals surface area contributed by atoms with Gasteiger partial charge in [-0.05, 0) is 23.8 Å². The van der Waals surface area contributed by atoms with Crippen molar-refractivity contribution in [3.63, 3.8) is 0 Å². The molecule has 1 atom stereocenters. The lowest BCUT2D eigenvalue weighted by atomic mass is 9.92. The molecule has 0 saturated carbocycles. The van der Waals surface area contributed by atoms with Crippen molar-refractivity contribution < 1.29 is 4.74 Å². The van der Waals surface area contributed by atoms with E-state index in [-0.39, 0.29) is 6.04 Å². The van der Waals surface area contributed by atoms with E-state index in [9.17, 15) is 0 Å². The van der Waals surface area contributed by atoms with Crippen molar-refractivity contribution in [1.82, 2.24) is 10.4 Å². The van der Waals surface area contributed by atoms with E-state index in [1.807, 2.05) is 17.1 Å². The molecule has 2 heterocycles. The van der Waals surface area contributed by atoms with Crippen LogP contribution in [0.5, 0.6) is 0 Å². The third kappa shape index (κ3) is 4.76. The van der Waals surface area contributed by atoms with Gasteiger partial charge in [0.25, 0.3) is 0 Å². The smallest absolute Gasteiger partial charge is 0.139 e. The minimum atomic E-state index is 0.00807. The second kappa shape index (κ2) is 9.02. The first-order valence-corrected chi connectivity index (χ1v) is 10.7. The number of halogens is 2. The lowest BCUT2D eigenvalue weighted by Crippen LogP contribution is -2.49. The first-order valence-electron chi connectivity index (χ1n) is 9.53. The molecule has 29 heavy (non-hydrogen) atoms. The number of hydrazone groups is 1. The summed E-state index contributed by atoms with van der Waals surface area (Å²) in [4.78, 5) is 0.636. The Labute approximate surface area is 187 Å². The zero-order chi connectivity index (χ0) is 20.4. The first-order chi connectivity index (χ1) is 14.0. The Morgan fingerprint density at radius 1 is 1.14 bits per heavy atom. The molecule has 1 unspecified atom stereocenters. The summed E-state index contributed by atoms with van der Waals surface area (Å²) in [6.07, 6.45) is 0.693. The van der Waals surface area contributed by atoms with E-state index in [1.54, 1.807) is 6.07 Å². The Kier molecular flexibility index (Phi) is 6.42. The largest absolute Gasteiger partial charge is 0.379 e. The Bertz CT molecular complexity index is 935. The monoisotopic (exact) mass is 446 g/mol. The molecule has 0 amide bonds. The van der Waals surface area contributed by atoms with E-state index in [0.29, 0.717) is 34.7 Å². The molecule has 0 radical (unpaired) electrons. The van der Waals surface area contributed by atoms with Gasteiger partial charge in [-0.15, -0.1) is 0 Å². The second-order valence-corrected chi connectivity index (χ2v) is 8.41. The van der Waals surface area contributed by atoms with Crippen LogP contribution < -0.4 is 15.9 Å². The van der Waals surface area contributed by atoms with Gasteiger partial charge in [0.2, 0.25) is 0 Å². The highest BCUT2D eigenvalue weighted by molar-refractivity contribution is 7.82. The summed E-state index contributed by atoms with van der Waals surface area (Å²) < 4.78 is 5.40. The van der Waals surface area contributed by atoms with Gasteiger partial charge in [-0.3, -0.25) is 5.01 Å². The molecule has 1 saturated heterocycles. The Morgan fingerprint density at radius 3 is 2.55 bits per heavy atom. The molecular weight excluding hydrogens is 426 g/mol. The molecule has 150 valence electrons. The highest BCUT2D eigenvalue weighted by Crippen LogP contribution is 2.39. The fourth-order valence-electron chi connectivity index (χ4n) is 3.47. The van der Waals surface area contributed by atoms with Crippen LogP contribution in [0.2, 0.25) is 10.0 Å². The van der Waals surface area contributed by atoms with Crippen molar-refractivity contribution in [1.29, 1.82) is 0 Å². The van der Waals surface area contributed by atoms with Crippen molar-refractivity contribution >= 4 is 65.1 Å². The maximum atomic E-state index is 6.50. The van der Waals surface area contributed by atoms with E-state index in [0.717, 1.165) is 30.1 Å². The van der Waals surface area contributed by atoms with Gasteiger partial charge in [-0.25, -0.2) is 5.01 Å². The normalized spacial score (nSPS) is 19.9. The summed E-state index contributed by atoms with van der Waals surface area (Å²) >= 11 is 18.3. The van der Waals surface area contributed by atoms with Crippen molar-refractivity contribution in [2.24, 2.45) is 5.10 Å². The zero-order valence-electron chi connectivity index (χ0n) is 16.1. The Hall–Kier alpha value is -1.64. The van der Waals surface area contributed by atoms with Crippen molar-refractivity contribution in [3.8, 4) is 0 Å². The van der Waals surface area contributed by atoms with Gasteiger partial charge in [0.1, 0.15) is 12.8 Å². The summed E-state index contributed by atoms with van der Waals surface area (Å²) in [7, 11) is 2.08. The second-order valence-electron chi connectivity index (χ2n) is 7.16. The number of hydrogen-bond acceptors (Lipinski definition) is 5. The quantitative estimate of drug-likeness (QED) is 0.577. The lowest BCUT2D eigenvalue weighted by Gasteiger charge is -2.27. The summed E-state index contributed by atoms with van der Waals surface area (Å²) in [6.45, 7) is 2.98. The minimum absolute atomic E-state index is 0.00807. The van der Waals surface area contributed by atoms with Crippen LogP contribution in [0, 0.1) is 0 Å². The molecule has 0 aromatic heterocycles.